The van der Waals surface area contributed by atoms with Gasteiger partial charge in [-0.05, 0) is 39.1 Å². The lowest BCUT2D eigenvalue weighted by Gasteiger charge is -2.25. The zero-order valence-electron chi connectivity index (χ0n) is 10.2. The zero-order valence-corrected chi connectivity index (χ0v) is 11.8. The molecule has 0 heterocycles. The van der Waals surface area contributed by atoms with Crippen LogP contribution in [0, 0.1) is 0 Å². The average molecular weight is 287 g/mol. The number of halogens is 1. The van der Waals surface area contributed by atoms with Crippen LogP contribution in [0.1, 0.15) is 13.8 Å². The number of hydrogen-bond acceptors (Lipinski definition) is 3. The summed E-state index contributed by atoms with van der Waals surface area (Å²) < 4.78 is 6.34. The highest BCUT2D eigenvalue weighted by Gasteiger charge is 2.15. The minimum atomic E-state index is 0.0489. The minimum absolute atomic E-state index is 0.0489. The van der Waals surface area contributed by atoms with Crippen molar-refractivity contribution in [1.29, 1.82) is 0 Å². The van der Waals surface area contributed by atoms with Crippen LogP contribution in [-0.2, 0) is 0 Å². The normalized spacial score (nSPS) is 11.3. The predicted molar refractivity (Wildman–Crippen MR) is 72.3 cm³/mol. The Hall–Kier alpha value is -0.740. The van der Waals surface area contributed by atoms with Crippen LogP contribution in [0.5, 0.6) is 5.75 Å². The molecule has 0 amide bonds. The van der Waals surface area contributed by atoms with Crippen LogP contribution < -0.4 is 15.4 Å². The monoisotopic (exact) mass is 286 g/mol. The summed E-state index contributed by atoms with van der Waals surface area (Å²) >= 11 is 3.45. The third-order valence-electron chi connectivity index (χ3n) is 2.56. The molecule has 0 spiro atoms. The smallest absolute Gasteiger partial charge is 0.142 e. The van der Waals surface area contributed by atoms with Crippen molar-refractivity contribution in [2.45, 2.75) is 19.4 Å². The van der Waals surface area contributed by atoms with Crippen molar-refractivity contribution >= 4 is 21.6 Å². The van der Waals surface area contributed by atoms with E-state index in [1.165, 1.54) is 0 Å². The topological polar surface area (TPSA) is 33.3 Å². The van der Waals surface area contributed by atoms with E-state index in [2.05, 4.69) is 40.4 Å². The van der Waals surface area contributed by atoms with Gasteiger partial charge < -0.3 is 15.4 Å². The fourth-order valence-electron chi connectivity index (χ4n) is 1.22. The highest BCUT2D eigenvalue weighted by molar-refractivity contribution is 9.10. The molecule has 0 unspecified atom stereocenters. The van der Waals surface area contributed by atoms with E-state index in [4.69, 9.17) is 4.74 Å². The number of nitrogens with one attached hydrogen (secondary N) is 2. The first-order chi connectivity index (χ1) is 7.48. The number of anilines is 1. The minimum Gasteiger partial charge on any atom is -0.495 e. The van der Waals surface area contributed by atoms with Crippen molar-refractivity contribution in [3.05, 3.63) is 22.7 Å². The van der Waals surface area contributed by atoms with Crippen molar-refractivity contribution < 1.29 is 4.74 Å². The molecule has 0 saturated heterocycles. The third kappa shape index (κ3) is 3.68. The van der Waals surface area contributed by atoms with E-state index < -0.39 is 0 Å². The van der Waals surface area contributed by atoms with Gasteiger partial charge in [-0.25, -0.2) is 0 Å². The van der Waals surface area contributed by atoms with Crippen molar-refractivity contribution in [3.8, 4) is 5.75 Å². The third-order valence-corrected chi connectivity index (χ3v) is 3.05. The van der Waals surface area contributed by atoms with Crippen molar-refractivity contribution in [1.82, 2.24) is 5.32 Å². The van der Waals surface area contributed by atoms with Gasteiger partial charge in [0.1, 0.15) is 5.75 Å². The van der Waals surface area contributed by atoms with Gasteiger partial charge in [-0.15, -0.1) is 0 Å². The summed E-state index contributed by atoms with van der Waals surface area (Å²) in [6.45, 7) is 5.12. The molecular weight excluding hydrogens is 268 g/mol. The summed E-state index contributed by atoms with van der Waals surface area (Å²) in [5.74, 6) is 0.857. The first-order valence-electron chi connectivity index (χ1n) is 5.25. The van der Waals surface area contributed by atoms with Crippen LogP contribution >= 0.6 is 15.9 Å². The molecule has 2 N–H and O–H groups in total. The van der Waals surface area contributed by atoms with Crippen LogP contribution in [0.3, 0.4) is 0 Å². The molecule has 0 aromatic heterocycles. The Balaban J connectivity index is 2.76. The van der Waals surface area contributed by atoms with Gasteiger partial charge in [0.05, 0.1) is 12.8 Å². The molecule has 1 rings (SSSR count). The van der Waals surface area contributed by atoms with Gasteiger partial charge >= 0.3 is 0 Å². The van der Waals surface area contributed by atoms with E-state index in [-0.39, 0.29) is 5.54 Å². The fraction of sp³-hybridized carbons (Fsp3) is 0.500. The second-order valence-electron chi connectivity index (χ2n) is 4.33. The first kappa shape index (κ1) is 13.3. The standard InChI is InChI=1S/C12H19BrN2O/c1-12(2,14-3)8-15-10-7-9(13)5-6-11(10)16-4/h5-7,14-15H,8H2,1-4H3. The van der Waals surface area contributed by atoms with Crippen LogP contribution in [0.15, 0.2) is 22.7 Å². The van der Waals surface area contributed by atoms with E-state index >= 15 is 0 Å². The predicted octanol–water partition coefficient (Wildman–Crippen LogP) is 2.87. The Kier molecular flexibility index (Phi) is 4.62. The Morgan fingerprint density at radius 1 is 1.38 bits per heavy atom. The molecule has 90 valence electrons. The molecule has 4 heteroatoms. The molecule has 1 aromatic rings. The molecule has 0 bridgehead atoms. The molecule has 0 aliphatic rings. The molecule has 0 aliphatic carbocycles. The molecular formula is C12H19BrN2O. The molecule has 1 aromatic carbocycles. The van der Waals surface area contributed by atoms with E-state index in [1.807, 2.05) is 25.2 Å². The maximum absolute atomic E-state index is 5.30. The van der Waals surface area contributed by atoms with Gasteiger partial charge in [0.15, 0.2) is 0 Å². The molecule has 0 aliphatic heterocycles. The Labute approximate surface area is 106 Å². The van der Waals surface area contributed by atoms with E-state index in [1.54, 1.807) is 7.11 Å². The van der Waals surface area contributed by atoms with Gasteiger partial charge in [-0.2, -0.15) is 0 Å². The van der Waals surface area contributed by atoms with Crippen molar-refractivity contribution in [2.75, 3.05) is 26.0 Å². The summed E-state index contributed by atoms with van der Waals surface area (Å²) in [6, 6.07) is 5.93. The first-order valence-corrected chi connectivity index (χ1v) is 6.04. The molecule has 16 heavy (non-hydrogen) atoms. The zero-order chi connectivity index (χ0) is 12.2. The van der Waals surface area contributed by atoms with Gasteiger partial charge in [-0.1, -0.05) is 15.9 Å². The highest BCUT2D eigenvalue weighted by Crippen LogP contribution is 2.28. The van der Waals surface area contributed by atoms with Crippen LogP contribution in [0.2, 0.25) is 0 Å². The van der Waals surface area contributed by atoms with Crippen LogP contribution in [0.4, 0.5) is 5.69 Å². The van der Waals surface area contributed by atoms with Crippen molar-refractivity contribution in [2.24, 2.45) is 0 Å². The van der Waals surface area contributed by atoms with Crippen LogP contribution in [0.25, 0.3) is 0 Å². The maximum atomic E-state index is 5.30. The average Bonchev–Trinajstić information content (AvgIpc) is 2.27. The lowest BCUT2D eigenvalue weighted by molar-refractivity contribution is 0.413. The van der Waals surface area contributed by atoms with E-state index in [0.717, 1.165) is 22.5 Å². The van der Waals surface area contributed by atoms with E-state index in [9.17, 15) is 0 Å². The maximum Gasteiger partial charge on any atom is 0.142 e. The van der Waals surface area contributed by atoms with E-state index in [0.29, 0.717) is 0 Å². The molecule has 0 radical (unpaired) electrons. The molecule has 0 saturated carbocycles. The van der Waals surface area contributed by atoms with Gasteiger partial charge in [0.25, 0.3) is 0 Å². The summed E-state index contributed by atoms with van der Waals surface area (Å²) in [7, 11) is 3.64. The number of rotatable bonds is 5. The Bertz CT molecular complexity index is 353. The molecule has 3 nitrogen and oxygen atoms in total. The Morgan fingerprint density at radius 2 is 2.06 bits per heavy atom. The van der Waals surface area contributed by atoms with Gasteiger partial charge in [0, 0.05) is 16.6 Å². The van der Waals surface area contributed by atoms with Gasteiger partial charge in [0.2, 0.25) is 0 Å². The number of benzene rings is 1. The summed E-state index contributed by atoms with van der Waals surface area (Å²) in [6.07, 6.45) is 0. The second-order valence-corrected chi connectivity index (χ2v) is 5.25. The summed E-state index contributed by atoms with van der Waals surface area (Å²) in [5, 5.41) is 6.63. The number of hydrogen-bond donors (Lipinski definition) is 2. The quantitative estimate of drug-likeness (QED) is 0.873. The fourth-order valence-corrected chi connectivity index (χ4v) is 1.58. The summed E-state index contributed by atoms with van der Waals surface area (Å²) in [4.78, 5) is 0. The number of methoxy groups -OCH3 is 1. The number of likely N-dealkylation sites (N-methyl/N-ethyl adjacent to an activating group) is 1. The Morgan fingerprint density at radius 3 is 2.62 bits per heavy atom. The second kappa shape index (κ2) is 5.55. The lowest BCUT2D eigenvalue weighted by Crippen LogP contribution is -2.42. The van der Waals surface area contributed by atoms with Crippen molar-refractivity contribution in [3.63, 3.8) is 0 Å². The van der Waals surface area contributed by atoms with Crippen LogP contribution in [-0.4, -0.2) is 26.2 Å². The SMILES string of the molecule is CNC(C)(C)CNc1cc(Br)ccc1OC. The largest absolute Gasteiger partial charge is 0.495 e. The molecule has 0 fully saturated rings. The lowest BCUT2D eigenvalue weighted by atomic mass is 10.1. The highest BCUT2D eigenvalue weighted by atomic mass is 79.9. The van der Waals surface area contributed by atoms with Gasteiger partial charge in [-0.3, -0.25) is 0 Å². The molecule has 0 atom stereocenters. The number of ether oxygens (including phenoxy) is 1. The summed E-state index contributed by atoms with van der Waals surface area (Å²) in [5.41, 5.74) is 1.05.